The predicted molar refractivity (Wildman–Crippen MR) is 49.6 cm³/mol. The van der Waals surface area contributed by atoms with Gasteiger partial charge in [0, 0.05) is 18.0 Å². The minimum atomic E-state index is -0.373. The molecule has 0 amide bonds. The number of halogens is 1. The van der Waals surface area contributed by atoms with E-state index in [0.717, 1.165) is 0 Å². The fourth-order valence-electron chi connectivity index (χ4n) is 0.549. The van der Waals surface area contributed by atoms with E-state index in [9.17, 15) is 0 Å². The summed E-state index contributed by atoms with van der Waals surface area (Å²) in [7, 11) is 0. The fraction of sp³-hybridized carbons (Fsp3) is 0.667. The third-order valence-electron chi connectivity index (χ3n) is 1.08. The Hall–Kier alpha value is -0.0700. The van der Waals surface area contributed by atoms with Crippen LogP contribution in [0.25, 0.3) is 0 Å². The zero-order valence-corrected chi connectivity index (χ0v) is 8.93. The van der Waals surface area contributed by atoms with Crippen molar-refractivity contribution in [3.8, 4) is 0 Å². The van der Waals surface area contributed by atoms with Gasteiger partial charge < -0.3 is 9.52 Å². The van der Waals surface area contributed by atoms with E-state index in [0.29, 0.717) is 22.2 Å². The van der Waals surface area contributed by atoms with Gasteiger partial charge in [-0.25, -0.2) is 0 Å². The number of aryl methyl sites for hydroxylation is 1. The Morgan fingerprint density at radius 2 is 2.42 bits per heavy atom. The van der Waals surface area contributed by atoms with Crippen LogP contribution in [0.3, 0.4) is 0 Å². The topological polar surface area (TPSA) is 59.2 Å². The van der Waals surface area contributed by atoms with Gasteiger partial charge in [-0.15, -0.1) is 10.2 Å². The average Bonchev–Trinajstić information content (AvgIpc) is 2.47. The lowest BCUT2D eigenvalue weighted by Gasteiger charge is -2.01. The molecule has 0 fully saturated rings. The summed E-state index contributed by atoms with van der Waals surface area (Å²) in [6.45, 7) is 1.73. The van der Waals surface area contributed by atoms with Gasteiger partial charge in [0.2, 0.25) is 5.89 Å². The minimum absolute atomic E-state index is 0.373. The molecule has 12 heavy (non-hydrogen) atoms. The summed E-state index contributed by atoms with van der Waals surface area (Å²) in [4.78, 5) is 0. The van der Waals surface area contributed by atoms with E-state index < -0.39 is 0 Å². The summed E-state index contributed by atoms with van der Waals surface area (Å²) in [6.07, 6.45) is -0.373. The van der Waals surface area contributed by atoms with Crippen molar-refractivity contribution in [1.29, 1.82) is 0 Å². The molecule has 1 heterocycles. The molecule has 1 N–H and O–H groups in total. The molecule has 1 aromatic rings. The van der Waals surface area contributed by atoms with Crippen molar-refractivity contribution in [3.63, 3.8) is 0 Å². The highest BCUT2D eigenvalue weighted by atomic mass is 79.9. The number of aromatic nitrogens is 2. The molecule has 0 saturated carbocycles. The molecule has 0 aliphatic carbocycles. The Balaban J connectivity index is 2.33. The number of nitrogens with zero attached hydrogens (tertiary/aromatic N) is 2. The highest BCUT2D eigenvalue weighted by molar-refractivity contribution is 9.09. The van der Waals surface area contributed by atoms with Crippen LogP contribution in [0.4, 0.5) is 0 Å². The molecule has 0 aromatic carbocycles. The molecule has 1 atom stereocenters. The Morgan fingerprint density at radius 1 is 1.67 bits per heavy atom. The van der Waals surface area contributed by atoms with E-state index in [2.05, 4.69) is 26.1 Å². The van der Waals surface area contributed by atoms with E-state index >= 15 is 0 Å². The summed E-state index contributed by atoms with van der Waals surface area (Å²) in [5.41, 5.74) is 0. The fourth-order valence-corrected chi connectivity index (χ4v) is 1.81. The van der Waals surface area contributed by atoms with Crippen LogP contribution >= 0.6 is 27.7 Å². The first-order valence-corrected chi connectivity index (χ1v) is 5.50. The van der Waals surface area contributed by atoms with Crippen molar-refractivity contribution < 1.29 is 9.52 Å². The van der Waals surface area contributed by atoms with Crippen LogP contribution < -0.4 is 0 Å². The van der Waals surface area contributed by atoms with E-state index in [1.54, 1.807) is 6.92 Å². The number of aliphatic hydroxyl groups excluding tert-OH is 1. The van der Waals surface area contributed by atoms with Crippen molar-refractivity contribution in [1.82, 2.24) is 10.2 Å². The first kappa shape index (κ1) is 10.0. The van der Waals surface area contributed by atoms with Crippen LogP contribution in [0.1, 0.15) is 5.89 Å². The standard InChI is InChI=1S/C6H9BrN2O2S/c1-4-8-9-6(11-4)12-3-5(10)2-7/h5,10H,2-3H2,1H3. The normalized spacial score (nSPS) is 13.2. The van der Waals surface area contributed by atoms with Gasteiger partial charge in [-0.3, -0.25) is 0 Å². The maximum Gasteiger partial charge on any atom is 0.276 e. The Kier molecular flexibility index (Phi) is 4.03. The number of rotatable bonds is 4. The molecule has 1 unspecified atom stereocenters. The summed E-state index contributed by atoms with van der Waals surface area (Å²) in [5.74, 6) is 1.11. The van der Waals surface area contributed by atoms with Crippen LogP contribution in [0.2, 0.25) is 0 Å². The van der Waals surface area contributed by atoms with Crippen LogP contribution in [0.5, 0.6) is 0 Å². The highest BCUT2D eigenvalue weighted by Gasteiger charge is 2.06. The number of alkyl halides is 1. The molecular formula is C6H9BrN2O2S. The predicted octanol–water partition coefficient (Wildman–Crippen LogP) is 1.23. The molecular weight excluding hydrogens is 244 g/mol. The lowest BCUT2D eigenvalue weighted by molar-refractivity contribution is 0.226. The van der Waals surface area contributed by atoms with Gasteiger partial charge in [-0.1, -0.05) is 27.7 Å². The van der Waals surface area contributed by atoms with Crippen molar-refractivity contribution in [2.24, 2.45) is 0 Å². The molecule has 0 spiro atoms. The van der Waals surface area contributed by atoms with Crippen molar-refractivity contribution in [2.75, 3.05) is 11.1 Å². The van der Waals surface area contributed by atoms with Crippen LogP contribution in [-0.4, -0.2) is 32.5 Å². The highest BCUT2D eigenvalue weighted by Crippen LogP contribution is 2.16. The molecule has 1 aromatic heterocycles. The molecule has 0 radical (unpaired) electrons. The second-order valence-corrected chi connectivity index (χ2v) is 3.82. The maximum absolute atomic E-state index is 9.17. The molecule has 1 rings (SSSR count). The van der Waals surface area contributed by atoms with Crippen LogP contribution in [0.15, 0.2) is 9.64 Å². The third-order valence-corrected chi connectivity index (χ3v) is 2.80. The van der Waals surface area contributed by atoms with Gasteiger partial charge in [0.25, 0.3) is 5.22 Å². The largest absolute Gasteiger partial charge is 0.416 e. The zero-order chi connectivity index (χ0) is 8.97. The SMILES string of the molecule is Cc1nnc(SCC(O)CBr)o1. The average molecular weight is 253 g/mol. The summed E-state index contributed by atoms with van der Waals surface area (Å²) in [5, 5.41) is 17.7. The first-order chi connectivity index (χ1) is 5.72. The van der Waals surface area contributed by atoms with Gasteiger partial charge in [0.05, 0.1) is 6.10 Å². The van der Waals surface area contributed by atoms with E-state index in [1.165, 1.54) is 11.8 Å². The second-order valence-electron chi connectivity index (χ2n) is 2.21. The van der Waals surface area contributed by atoms with Gasteiger partial charge in [0.1, 0.15) is 0 Å². The third kappa shape index (κ3) is 3.12. The molecule has 68 valence electrons. The molecule has 0 aliphatic heterocycles. The van der Waals surface area contributed by atoms with Gasteiger partial charge in [-0.05, 0) is 0 Å². The van der Waals surface area contributed by atoms with E-state index in [-0.39, 0.29) is 6.10 Å². The summed E-state index contributed by atoms with van der Waals surface area (Å²) >= 11 is 4.52. The van der Waals surface area contributed by atoms with E-state index in [4.69, 9.17) is 9.52 Å². The lowest BCUT2D eigenvalue weighted by Crippen LogP contribution is -2.10. The zero-order valence-electron chi connectivity index (χ0n) is 6.53. The molecule has 6 heteroatoms. The molecule has 4 nitrogen and oxygen atoms in total. The van der Waals surface area contributed by atoms with Gasteiger partial charge in [0.15, 0.2) is 0 Å². The Labute approximate surface area is 82.9 Å². The maximum atomic E-state index is 9.17. The Morgan fingerprint density at radius 3 is 2.92 bits per heavy atom. The van der Waals surface area contributed by atoms with Gasteiger partial charge in [-0.2, -0.15) is 0 Å². The monoisotopic (exact) mass is 252 g/mol. The number of aliphatic hydroxyl groups is 1. The first-order valence-electron chi connectivity index (χ1n) is 3.39. The number of hydrogen-bond acceptors (Lipinski definition) is 5. The second kappa shape index (κ2) is 4.84. The molecule has 0 aliphatic rings. The quantitative estimate of drug-likeness (QED) is 0.646. The van der Waals surface area contributed by atoms with Crippen LogP contribution in [0, 0.1) is 6.92 Å². The van der Waals surface area contributed by atoms with Crippen molar-refractivity contribution >= 4 is 27.7 Å². The smallest absolute Gasteiger partial charge is 0.276 e. The summed E-state index contributed by atoms with van der Waals surface area (Å²) < 4.78 is 5.09. The van der Waals surface area contributed by atoms with Crippen LogP contribution in [-0.2, 0) is 0 Å². The molecule has 0 bridgehead atoms. The van der Waals surface area contributed by atoms with E-state index in [1.807, 2.05) is 0 Å². The molecule has 0 saturated heterocycles. The lowest BCUT2D eigenvalue weighted by atomic mass is 10.5. The van der Waals surface area contributed by atoms with Crippen molar-refractivity contribution in [2.45, 2.75) is 18.3 Å². The number of hydrogen-bond donors (Lipinski definition) is 1. The summed E-state index contributed by atoms with van der Waals surface area (Å²) in [6, 6.07) is 0. The number of thioether (sulfide) groups is 1. The minimum Gasteiger partial charge on any atom is -0.416 e. The van der Waals surface area contributed by atoms with Crippen molar-refractivity contribution in [3.05, 3.63) is 5.89 Å². The Bertz CT molecular complexity index is 243. The van der Waals surface area contributed by atoms with Gasteiger partial charge >= 0.3 is 0 Å².